The lowest BCUT2D eigenvalue weighted by molar-refractivity contribution is 0.199. The Balaban J connectivity index is 1.83. The standard InChI is InChI=1S/C15H25N3O/c1-19-11-8-16-12-14-6-7-15(17-13-14)18-9-4-2-3-5-10-18/h6-7,13,16H,2-5,8-12H2,1H3. The Morgan fingerprint density at radius 3 is 2.63 bits per heavy atom. The SMILES string of the molecule is COCCNCc1ccc(N2CCCCCC2)nc1. The van der Waals surface area contributed by atoms with E-state index in [0.29, 0.717) is 0 Å². The molecule has 1 aromatic heterocycles. The average Bonchev–Trinajstić information content (AvgIpc) is 2.73. The molecule has 4 heteroatoms. The Bertz CT molecular complexity index is 345. The van der Waals surface area contributed by atoms with Gasteiger partial charge in [-0.3, -0.25) is 0 Å². The molecule has 1 aliphatic heterocycles. The van der Waals surface area contributed by atoms with E-state index in [-0.39, 0.29) is 0 Å². The van der Waals surface area contributed by atoms with Gasteiger partial charge in [0.15, 0.2) is 0 Å². The van der Waals surface area contributed by atoms with Crippen LogP contribution in [0.25, 0.3) is 0 Å². The van der Waals surface area contributed by atoms with Crippen molar-refractivity contribution in [3.8, 4) is 0 Å². The van der Waals surface area contributed by atoms with E-state index in [9.17, 15) is 0 Å². The molecular formula is C15H25N3O. The first-order chi connectivity index (χ1) is 9.40. The molecule has 2 heterocycles. The number of rotatable bonds is 6. The van der Waals surface area contributed by atoms with E-state index in [1.54, 1.807) is 7.11 Å². The van der Waals surface area contributed by atoms with Gasteiger partial charge in [0.2, 0.25) is 0 Å². The lowest BCUT2D eigenvalue weighted by atomic mass is 10.2. The van der Waals surface area contributed by atoms with Gasteiger partial charge < -0.3 is 15.0 Å². The topological polar surface area (TPSA) is 37.4 Å². The molecule has 0 aliphatic carbocycles. The van der Waals surface area contributed by atoms with Crippen molar-refractivity contribution < 1.29 is 4.74 Å². The predicted molar refractivity (Wildman–Crippen MR) is 78.5 cm³/mol. The molecule has 0 bridgehead atoms. The van der Waals surface area contributed by atoms with Gasteiger partial charge in [-0.25, -0.2) is 4.98 Å². The maximum absolute atomic E-state index is 5.01. The fraction of sp³-hybridized carbons (Fsp3) is 0.667. The summed E-state index contributed by atoms with van der Waals surface area (Å²) in [5.74, 6) is 1.13. The van der Waals surface area contributed by atoms with Gasteiger partial charge in [-0.2, -0.15) is 0 Å². The number of nitrogens with zero attached hydrogens (tertiary/aromatic N) is 2. The molecule has 1 aliphatic rings. The third-order valence-corrected chi connectivity index (χ3v) is 3.55. The highest BCUT2D eigenvalue weighted by Gasteiger charge is 2.10. The summed E-state index contributed by atoms with van der Waals surface area (Å²) in [5.41, 5.74) is 1.23. The van der Waals surface area contributed by atoms with Crippen molar-refractivity contribution >= 4 is 5.82 Å². The Morgan fingerprint density at radius 1 is 1.21 bits per heavy atom. The average molecular weight is 263 g/mol. The molecule has 4 nitrogen and oxygen atoms in total. The summed E-state index contributed by atoms with van der Waals surface area (Å²) in [5, 5.41) is 3.33. The van der Waals surface area contributed by atoms with E-state index in [1.165, 1.54) is 31.2 Å². The molecule has 1 fully saturated rings. The fourth-order valence-electron chi connectivity index (χ4n) is 2.42. The van der Waals surface area contributed by atoms with Crippen molar-refractivity contribution in [1.82, 2.24) is 10.3 Å². The highest BCUT2D eigenvalue weighted by molar-refractivity contribution is 5.39. The molecule has 0 radical (unpaired) electrons. The lowest BCUT2D eigenvalue weighted by Gasteiger charge is -2.21. The van der Waals surface area contributed by atoms with Crippen LogP contribution in [-0.2, 0) is 11.3 Å². The van der Waals surface area contributed by atoms with Crippen LogP contribution < -0.4 is 10.2 Å². The Kier molecular flexibility index (Phi) is 6.11. The largest absolute Gasteiger partial charge is 0.383 e. The molecule has 0 unspecified atom stereocenters. The second kappa shape index (κ2) is 8.12. The van der Waals surface area contributed by atoms with E-state index in [4.69, 9.17) is 4.74 Å². The quantitative estimate of drug-likeness (QED) is 0.798. The van der Waals surface area contributed by atoms with Crippen molar-refractivity contribution in [3.63, 3.8) is 0 Å². The van der Waals surface area contributed by atoms with E-state index in [2.05, 4.69) is 27.3 Å². The van der Waals surface area contributed by atoms with Crippen molar-refractivity contribution in [1.29, 1.82) is 0 Å². The first-order valence-electron chi connectivity index (χ1n) is 7.29. The summed E-state index contributed by atoms with van der Waals surface area (Å²) in [6.07, 6.45) is 7.29. The highest BCUT2D eigenvalue weighted by atomic mass is 16.5. The molecule has 1 saturated heterocycles. The lowest BCUT2D eigenvalue weighted by Crippen LogP contribution is -2.25. The first-order valence-corrected chi connectivity index (χ1v) is 7.29. The summed E-state index contributed by atoms with van der Waals surface area (Å²) in [6.45, 7) is 4.79. The Hall–Kier alpha value is -1.13. The molecule has 2 rings (SSSR count). The van der Waals surface area contributed by atoms with E-state index in [1.807, 2.05) is 6.20 Å². The van der Waals surface area contributed by atoms with E-state index < -0.39 is 0 Å². The Labute approximate surface area is 116 Å². The molecule has 19 heavy (non-hydrogen) atoms. The molecule has 0 spiro atoms. The molecule has 106 valence electrons. The van der Waals surface area contributed by atoms with Gasteiger partial charge in [0, 0.05) is 39.5 Å². The molecule has 0 atom stereocenters. The van der Waals surface area contributed by atoms with Crippen LogP contribution in [0.2, 0.25) is 0 Å². The number of ether oxygens (including phenoxy) is 1. The number of nitrogens with one attached hydrogen (secondary N) is 1. The van der Waals surface area contributed by atoms with Crippen molar-refractivity contribution in [2.75, 3.05) is 38.3 Å². The normalized spacial score (nSPS) is 16.4. The molecule has 0 aromatic carbocycles. The molecular weight excluding hydrogens is 238 g/mol. The summed E-state index contributed by atoms with van der Waals surface area (Å²) in [7, 11) is 1.72. The number of hydrogen-bond donors (Lipinski definition) is 1. The third kappa shape index (κ3) is 4.80. The number of aromatic nitrogens is 1. The van der Waals surface area contributed by atoms with Crippen LogP contribution in [0, 0.1) is 0 Å². The van der Waals surface area contributed by atoms with Crippen LogP contribution in [0.15, 0.2) is 18.3 Å². The zero-order valence-electron chi connectivity index (χ0n) is 11.9. The van der Waals surface area contributed by atoms with E-state index in [0.717, 1.165) is 38.6 Å². The van der Waals surface area contributed by atoms with E-state index >= 15 is 0 Å². The maximum Gasteiger partial charge on any atom is 0.128 e. The van der Waals surface area contributed by atoms with Gasteiger partial charge in [-0.15, -0.1) is 0 Å². The van der Waals surface area contributed by atoms with Gasteiger partial charge in [-0.05, 0) is 24.5 Å². The summed E-state index contributed by atoms with van der Waals surface area (Å²) in [4.78, 5) is 7.01. The summed E-state index contributed by atoms with van der Waals surface area (Å²) in [6, 6.07) is 4.33. The number of anilines is 1. The van der Waals surface area contributed by atoms with Gasteiger partial charge in [0.05, 0.1) is 6.61 Å². The van der Waals surface area contributed by atoms with Gasteiger partial charge in [-0.1, -0.05) is 18.9 Å². The number of methoxy groups -OCH3 is 1. The minimum atomic E-state index is 0.749. The number of hydrogen-bond acceptors (Lipinski definition) is 4. The van der Waals surface area contributed by atoms with Crippen LogP contribution in [0.1, 0.15) is 31.2 Å². The van der Waals surface area contributed by atoms with Gasteiger partial charge in [0.25, 0.3) is 0 Å². The van der Waals surface area contributed by atoms with Crippen LogP contribution >= 0.6 is 0 Å². The molecule has 1 aromatic rings. The fourth-order valence-corrected chi connectivity index (χ4v) is 2.42. The third-order valence-electron chi connectivity index (χ3n) is 3.55. The van der Waals surface area contributed by atoms with Crippen molar-refractivity contribution in [3.05, 3.63) is 23.9 Å². The minimum absolute atomic E-state index is 0.749. The van der Waals surface area contributed by atoms with Crippen LogP contribution in [-0.4, -0.2) is 38.3 Å². The number of pyridine rings is 1. The van der Waals surface area contributed by atoms with Gasteiger partial charge >= 0.3 is 0 Å². The molecule has 0 saturated carbocycles. The van der Waals surface area contributed by atoms with Gasteiger partial charge in [0.1, 0.15) is 5.82 Å². The zero-order valence-corrected chi connectivity index (χ0v) is 11.9. The molecule has 0 amide bonds. The monoisotopic (exact) mass is 263 g/mol. The highest BCUT2D eigenvalue weighted by Crippen LogP contribution is 2.17. The summed E-state index contributed by atoms with van der Waals surface area (Å²) < 4.78 is 5.01. The maximum atomic E-state index is 5.01. The van der Waals surface area contributed by atoms with Crippen LogP contribution in [0.3, 0.4) is 0 Å². The molecule has 1 N–H and O–H groups in total. The summed E-state index contributed by atoms with van der Waals surface area (Å²) >= 11 is 0. The smallest absolute Gasteiger partial charge is 0.128 e. The second-order valence-electron chi connectivity index (χ2n) is 5.10. The predicted octanol–water partition coefficient (Wildman–Crippen LogP) is 2.20. The van der Waals surface area contributed by atoms with Crippen LogP contribution in [0.4, 0.5) is 5.82 Å². The zero-order chi connectivity index (χ0) is 13.3. The minimum Gasteiger partial charge on any atom is -0.383 e. The van der Waals surface area contributed by atoms with Crippen LogP contribution in [0.5, 0.6) is 0 Å². The first kappa shape index (κ1) is 14.3. The van der Waals surface area contributed by atoms with Crippen molar-refractivity contribution in [2.24, 2.45) is 0 Å². The van der Waals surface area contributed by atoms with Crippen molar-refractivity contribution in [2.45, 2.75) is 32.2 Å². The Morgan fingerprint density at radius 2 is 2.00 bits per heavy atom. The second-order valence-corrected chi connectivity index (χ2v) is 5.10.